The number of aliphatic hydroxyl groups excluding tert-OH is 1. The summed E-state index contributed by atoms with van der Waals surface area (Å²) in [7, 11) is 0. The zero-order valence-electron chi connectivity index (χ0n) is 9.27. The zero-order chi connectivity index (χ0) is 13.0. The number of rotatable bonds is 5. The molecule has 0 bridgehead atoms. The standard InChI is InChI=1S/C11H15Cl2NO3/c1-6(11(12)13)14-5-10(17)7-2-3-8(15)9(16)4-7/h2-4,6,10-11,14-17H,5H2,1H3/t6-,10+/m1/s1. The normalized spacial score (nSPS) is 14.9. The SMILES string of the molecule is C[C@@H](NC[C@H](O)c1ccc(O)c(O)c1)C(Cl)Cl. The van der Waals surface area contributed by atoms with Crippen LogP contribution < -0.4 is 5.32 Å². The van der Waals surface area contributed by atoms with Crippen molar-refractivity contribution >= 4 is 23.2 Å². The minimum Gasteiger partial charge on any atom is -0.504 e. The molecule has 96 valence electrons. The summed E-state index contributed by atoms with van der Waals surface area (Å²) in [6.45, 7) is 2.05. The molecule has 0 aliphatic heterocycles. The molecule has 0 aliphatic rings. The Hall–Kier alpha value is -0.680. The van der Waals surface area contributed by atoms with Gasteiger partial charge < -0.3 is 20.6 Å². The molecule has 0 spiro atoms. The number of nitrogens with one attached hydrogen (secondary N) is 1. The van der Waals surface area contributed by atoms with E-state index in [-0.39, 0.29) is 24.1 Å². The molecule has 0 amide bonds. The van der Waals surface area contributed by atoms with Crippen molar-refractivity contribution in [3.05, 3.63) is 23.8 Å². The minimum atomic E-state index is -0.809. The third-order valence-electron chi connectivity index (χ3n) is 2.40. The van der Waals surface area contributed by atoms with Crippen LogP contribution in [0.25, 0.3) is 0 Å². The van der Waals surface area contributed by atoms with Gasteiger partial charge in [-0.3, -0.25) is 0 Å². The van der Waals surface area contributed by atoms with Crippen LogP contribution in [0.4, 0.5) is 0 Å². The first-order valence-electron chi connectivity index (χ1n) is 5.13. The fourth-order valence-corrected chi connectivity index (χ4v) is 1.43. The summed E-state index contributed by atoms with van der Waals surface area (Å²) in [6, 6.07) is 4.01. The molecule has 0 heterocycles. The monoisotopic (exact) mass is 279 g/mol. The molecule has 0 fully saturated rings. The van der Waals surface area contributed by atoms with E-state index in [4.69, 9.17) is 28.3 Å². The Morgan fingerprint density at radius 2 is 1.88 bits per heavy atom. The van der Waals surface area contributed by atoms with E-state index in [1.54, 1.807) is 6.92 Å². The largest absolute Gasteiger partial charge is 0.504 e. The Balaban J connectivity index is 2.58. The summed E-state index contributed by atoms with van der Waals surface area (Å²) in [5.41, 5.74) is 0.501. The van der Waals surface area contributed by atoms with Crippen LogP contribution in [0.1, 0.15) is 18.6 Å². The van der Waals surface area contributed by atoms with Crippen molar-refractivity contribution in [1.29, 1.82) is 0 Å². The highest BCUT2D eigenvalue weighted by Crippen LogP contribution is 2.27. The van der Waals surface area contributed by atoms with E-state index < -0.39 is 10.9 Å². The number of phenols is 2. The van der Waals surface area contributed by atoms with Gasteiger partial charge in [-0.1, -0.05) is 6.07 Å². The molecular formula is C11H15Cl2NO3. The van der Waals surface area contributed by atoms with Gasteiger partial charge in [-0.25, -0.2) is 0 Å². The number of phenolic OH excluding ortho intramolecular Hbond substituents is 2. The van der Waals surface area contributed by atoms with Crippen molar-refractivity contribution in [2.24, 2.45) is 0 Å². The quantitative estimate of drug-likeness (QED) is 0.491. The van der Waals surface area contributed by atoms with E-state index >= 15 is 0 Å². The highest BCUT2D eigenvalue weighted by molar-refractivity contribution is 6.44. The van der Waals surface area contributed by atoms with Crippen LogP contribution in [0.3, 0.4) is 0 Å². The van der Waals surface area contributed by atoms with Crippen LogP contribution in [0.15, 0.2) is 18.2 Å². The first-order valence-corrected chi connectivity index (χ1v) is 6.00. The second-order valence-corrected chi connectivity index (χ2v) is 4.96. The summed E-state index contributed by atoms with van der Waals surface area (Å²) in [5.74, 6) is -0.481. The second-order valence-electron chi connectivity index (χ2n) is 3.80. The third kappa shape index (κ3) is 4.24. The third-order valence-corrected chi connectivity index (χ3v) is 3.15. The molecule has 1 rings (SSSR count). The maximum atomic E-state index is 9.83. The Kier molecular flexibility index (Phi) is 5.33. The molecule has 2 atom stereocenters. The fraction of sp³-hybridized carbons (Fsp3) is 0.455. The predicted octanol–water partition coefficient (Wildman–Crippen LogP) is 1.91. The van der Waals surface area contributed by atoms with Gasteiger partial charge in [0.25, 0.3) is 0 Å². The van der Waals surface area contributed by atoms with Crippen LogP contribution in [0, 0.1) is 0 Å². The highest BCUT2D eigenvalue weighted by Gasteiger charge is 2.14. The molecule has 1 aromatic rings. The lowest BCUT2D eigenvalue weighted by Crippen LogP contribution is -2.34. The number of hydrogen-bond donors (Lipinski definition) is 4. The van der Waals surface area contributed by atoms with Crippen molar-refractivity contribution in [3.63, 3.8) is 0 Å². The smallest absolute Gasteiger partial charge is 0.157 e. The van der Waals surface area contributed by atoms with Gasteiger partial charge in [-0.2, -0.15) is 0 Å². The van der Waals surface area contributed by atoms with E-state index in [0.29, 0.717) is 5.56 Å². The number of benzene rings is 1. The molecule has 0 saturated carbocycles. The molecule has 4 nitrogen and oxygen atoms in total. The maximum Gasteiger partial charge on any atom is 0.157 e. The Morgan fingerprint density at radius 1 is 1.24 bits per heavy atom. The van der Waals surface area contributed by atoms with E-state index in [0.717, 1.165) is 0 Å². The second kappa shape index (κ2) is 6.31. The predicted molar refractivity (Wildman–Crippen MR) is 67.7 cm³/mol. The number of aliphatic hydroxyl groups is 1. The molecule has 4 N–H and O–H groups in total. The number of alkyl halides is 2. The summed E-state index contributed by atoms with van der Waals surface area (Å²) >= 11 is 11.3. The van der Waals surface area contributed by atoms with E-state index in [2.05, 4.69) is 5.32 Å². The van der Waals surface area contributed by atoms with Crippen molar-refractivity contribution in [2.45, 2.75) is 23.9 Å². The summed E-state index contributed by atoms with van der Waals surface area (Å²) < 4.78 is 0. The van der Waals surface area contributed by atoms with Gasteiger partial charge in [0, 0.05) is 12.6 Å². The van der Waals surface area contributed by atoms with E-state index in [9.17, 15) is 10.2 Å². The van der Waals surface area contributed by atoms with Crippen LogP contribution >= 0.6 is 23.2 Å². The number of aromatic hydroxyl groups is 2. The van der Waals surface area contributed by atoms with Crippen LogP contribution in [-0.4, -0.2) is 32.7 Å². The average molecular weight is 280 g/mol. The Morgan fingerprint density at radius 3 is 2.41 bits per heavy atom. The molecule has 17 heavy (non-hydrogen) atoms. The highest BCUT2D eigenvalue weighted by atomic mass is 35.5. The Labute approximate surface area is 110 Å². The summed E-state index contributed by atoms with van der Waals surface area (Å²) in [5, 5.41) is 31.2. The summed E-state index contributed by atoms with van der Waals surface area (Å²) in [6.07, 6.45) is -0.809. The Bertz CT molecular complexity index is 374. The van der Waals surface area contributed by atoms with Crippen molar-refractivity contribution in [3.8, 4) is 11.5 Å². The van der Waals surface area contributed by atoms with Crippen LogP contribution in [0.2, 0.25) is 0 Å². The van der Waals surface area contributed by atoms with Gasteiger partial charge in [-0.15, -0.1) is 23.2 Å². The van der Waals surface area contributed by atoms with Crippen LogP contribution in [-0.2, 0) is 0 Å². The molecule has 0 saturated heterocycles. The molecular weight excluding hydrogens is 265 g/mol. The molecule has 1 aromatic carbocycles. The van der Waals surface area contributed by atoms with E-state index in [1.165, 1.54) is 18.2 Å². The van der Waals surface area contributed by atoms with E-state index in [1.807, 2.05) is 0 Å². The minimum absolute atomic E-state index is 0.154. The lowest BCUT2D eigenvalue weighted by atomic mass is 10.1. The average Bonchev–Trinajstić information content (AvgIpc) is 2.28. The van der Waals surface area contributed by atoms with Gasteiger partial charge in [0.15, 0.2) is 11.5 Å². The molecule has 0 aliphatic carbocycles. The lowest BCUT2D eigenvalue weighted by Gasteiger charge is -2.18. The van der Waals surface area contributed by atoms with Crippen LogP contribution in [0.5, 0.6) is 11.5 Å². The molecule has 0 aromatic heterocycles. The first-order chi connectivity index (χ1) is 7.91. The van der Waals surface area contributed by atoms with Gasteiger partial charge in [-0.05, 0) is 24.6 Å². The van der Waals surface area contributed by atoms with Crippen molar-refractivity contribution < 1.29 is 15.3 Å². The molecule has 0 radical (unpaired) electrons. The molecule has 6 heteroatoms. The van der Waals surface area contributed by atoms with Crippen molar-refractivity contribution in [2.75, 3.05) is 6.54 Å². The summed E-state index contributed by atoms with van der Waals surface area (Å²) in [4.78, 5) is -0.560. The lowest BCUT2D eigenvalue weighted by molar-refractivity contribution is 0.171. The molecule has 0 unspecified atom stereocenters. The number of hydrogen-bond acceptors (Lipinski definition) is 4. The topological polar surface area (TPSA) is 72.7 Å². The number of halogens is 2. The van der Waals surface area contributed by atoms with Crippen molar-refractivity contribution in [1.82, 2.24) is 5.32 Å². The fourth-order valence-electron chi connectivity index (χ4n) is 1.25. The van der Waals surface area contributed by atoms with Gasteiger partial charge in [0.1, 0.15) is 4.84 Å². The van der Waals surface area contributed by atoms with Gasteiger partial charge >= 0.3 is 0 Å². The first kappa shape index (κ1) is 14.4. The van der Waals surface area contributed by atoms with Gasteiger partial charge in [0.05, 0.1) is 6.10 Å². The maximum absolute atomic E-state index is 9.83. The van der Waals surface area contributed by atoms with Gasteiger partial charge in [0.2, 0.25) is 0 Å². The zero-order valence-corrected chi connectivity index (χ0v) is 10.8.